The third-order valence-corrected chi connectivity index (χ3v) is 3.08. The van der Waals surface area contributed by atoms with Crippen molar-refractivity contribution in [2.24, 2.45) is 0 Å². The fraction of sp³-hybridized carbons (Fsp3) is 0.600. The van der Waals surface area contributed by atoms with Crippen LogP contribution in [0.1, 0.15) is 30.9 Å². The van der Waals surface area contributed by atoms with Crippen LogP contribution >= 0.6 is 0 Å². The first-order valence-corrected chi connectivity index (χ1v) is 7.08. The first kappa shape index (κ1) is 15.1. The molecule has 0 saturated heterocycles. The molecule has 0 fully saturated rings. The van der Waals surface area contributed by atoms with Gasteiger partial charge in [-0.05, 0) is 18.6 Å². The van der Waals surface area contributed by atoms with Gasteiger partial charge < -0.3 is 24.7 Å². The highest BCUT2D eigenvalue weighted by Crippen LogP contribution is 2.31. The number of ether oxygens (including phenoxy) is 4. The van der Waals surface area contributed by atoms with Crippen molar-refractivity contribution in [2.75, 3.05) is 32.3 Å². The van der Waals surface area contributed by atoms with Crippen LogP contribution in [-0.2, 0) is 27.4 Å². The number of hydrogen-bond acceptors (Lipinski definition) is 5. The minimum absolute atomic E-state index is 0.282. The SMILES string of the molecule is CCCCOCCOCc1cc(N)cc2c1OCOC2. The second-order valence-corrected chi connectivity index (χ2v) is 4.80. The Kier molecular flexibility index (Phi) is 6.11. The van der Waals surface area contributed by atoms with Gasteiger partial charge in [0.15, 0.2) is 6.79 Å². The molecule has 0 amide bonds. The summed E-state index contributed by atoms with van der Waals surface area (Å²) in [5.41, 5.74) is 8.53. The summed E-state index contributed by atoms with van der Waals surface area (Å²) in [5, 5.41) is 0. The van der Waals surface area contributed by atoms with E-state index < -0.39 is 0 Å². The van der Waals surface area contributed by atoms with E-state index in [-0.39, 0.29) is 6.79 Å². The van der Waals surface area contributed by atoms with Crippen LogP contribution in [0.3, 0.4) is 0 Å². The van der Waals surface area contributed by atoms with E-state index in [2.05, 4.69) is 6.92 Å². The van der Waals surface area contributed by atoms with Crippen molar-refractivity contribution in [1.29, 1.82) is 0 Å². The molecule has 0 aliphatic carbocycles. The number of anilines is 1. The van der Waals surface area contributed by atoms with Gasteiger partial charge in [0.2, 0.25) is 0 Å². The molecule has 5 nitrogen and oxygen atoms in total. The summed E-state index contributed by atoms with van der Waals surface area (Å²) in [4.78, 5) is 0. The summed E-state index contributed by atoms with van der Waals surface area (Å²) in [6.45, 7) is 5.43. The van der Waals surface area contributed by atoms with Crippen LogP contribution in [-0.4, -0.2) is 26.6 Å². The molecule has 0 atom stereocenters. The maximum absolute atomic E-state index is 5.88. The number of nitrogen functional groups attached to an aromatic ring is 1. The predicted molar refractivity (Wildman–Crippen MR) is 76.5 cm³/mol. The molecule has 1 aliphatic heterocycles. The third kappa shape index (κ3) is 4.37. The Morgan fingerprint density at radius 1 is 1.20 bits per heavy atom. The molecule has 0 unspecified atom stereocenters. The molecule has 1 aromatic carbocycles. The number of benzene rings is 1. The summed E-state index contributed by atoms with van der Waals surface area (Å²) in [6, 6.07) is 3.77. The number of rotatable bonds is 8. The lowest BCUT2D eigenvalue weighted by Gasteiger charge is -2.21. The van der Waals surface area contributed by atoms with E-state index >= 15 is 0 Å². The lowest BCUT2D eigenvalue weighted by Crippen LogP contribution is -2.14. The highest BCUT2D eigenvalue weighted by atomic mass is 16.7. The van der Waals surface area contributed by atoms with Crippen molar-refractivity contribution < 1.29 is 18.9 Å². The summed E-state index contributed by atoms with van der Waals surface area (Å²) in [6.07, 6.45) is 2.24. The molecule has 2 rings (SSSR count). The molecule has 1 heterocycles. The molecule has 0 spiro atoms. The Morgan fingerprint density at radius 2 is 2.05 bits per heavy atom. The van der Waals surface area contributed by atoms with E-state index in [9.17, 15) is 0 Å². The van der Waals surface area contributed by atoms with E-state index in [1.54, 1.807) is 0 Å². The van der Waals surface area contributed by atoms with Crippen molar-refractivity contribution in [3.63, 3.8) is 0 Å². The average molecular weight is 281 g/mol. The van der Waals surface area contributed by atoms with Crippen molar-refractivity contribution in [3.05, 3.63) is 23.3 Å². The van der Waals surface area contributed by atoms with Crippen LogP contribution in [0, 0.1) is 0 Å². The Bertz CT molecular complexity index is 423. The zero-order valence-electron chi connectivity index (χ0n) is 12.0. The lowest BCUT2D eigenvalue weighted by molar-refractivity contribution is -0.0191. The van der Waals surface area contributed by atoms with E-state index in [0.717, 1.165) is 36.3 Å². The smallest absolute Gasteiger partial charge is 0.189 e. The van der Waals surface area contributed by atoms with Crippen LogP contribution in [0.2, 0.25) is 0 Å². The van der Waals surface area contributed by atoms with E-state index in [1.165, 1.54) is 0 Å². The molecule has 1 aliphatic rings. The van der Waals surface area contributed by atoms with Gasteiger partial charge in [0, 0.05) is 23.4 Å². The maximum atomic E-state index is 5.88. The van der Waals surface area contributed by atoms with Gasteiger partial charge in [0.1, 0.15) is 5.75 Å². The Morgan fingerprint density at radius 3 is 2.90 bits per heavy atom. The Hall–Kier alpha value is -1.30. The average Bonchev–Trinajstić information content (AvgIpc) is 2.46. The second kappa shape index (κ2) is 8.09. The Balaban J connectivity index is 1.79. The van der Waals surface area contributed by atoms with Crippen LogP contribution in [0.25, 0.3) is 0 Å². The first-order chi connectivity index (χ1) is 9.81. The lowest BCUT2D eigenvalue weighted by atomic mass is 10.1. The summed E-state index contributed by atoms with van der Waals surface area (Å²) < 4.78 is 21.8. The molecule has 5 heteroatoms. The molecule has 2 N–H and O–H groups in total. The zero-order chi connectivity index (χ0) is 14.2. The predicted octanol–water partition coefficient (Wildman–Crippen LogP) is 2.47. The summed E-state index contributed by atoms with van der Waals surface area (Å²) >= 11 is 0. The van der Waals surface area contributed by atoms with Crippen molar-refractivity contribution >= 4 is 5.69 Å². The highest BCUT2D eigenvalue weighted by Gasteiger charge is 2.16. The second-order valence-electron chi connectivity index (χ2n) is 4.80. The van der Waals surface area contributed by atoms with Crippen molar-refractivity contribution in [3.8, 4) is 5.75 Å². The molecule has 0 saturated carbocycles. The monoisotopic (exact) mass is 281 g/mol. The normalized spacial score (nSPS) is 13.8. The van der Waals surface area contributed by atoms with Gasteiger partial charge in [-0.2, -0.15) is 0 Å². The minimum Gasteiger partial charge on any atom is -0.467 e. The largest absolute Gasteiger partial charge is 0.467 e. The van der Waals surface area contributed by atoms with Crippen LogP contribution in [0.4, 0.5) is 5.69 Å². The van der Waals surface area contributed by atoms with Crippen LogP contribution in [0.15, 0.2) is 12.1 Å². The van der Waals surface area contributed by atoms with E-state index in [4.69, 9.17) is 24.7 Å². The van der Waals surface area contributed by atoms with Gasteiger partial charge in [-0.3, -0.25) is 0 Å². The molecule has 20 heavy (non-hydrogen) atoms. The highest BCUT2D eigenvalue weighted by molar-refractivity contribution is 5.53. The molecule has 0 radical (unpaired) electrons. The quantitative estimate of drug-likeness (QED) is 0.586. The topological polar surface area (TPSA) is 62.9 Å². The fourth-order valence-corrected chi connectivity index (χ4v) is 2.08. The van der Waals surface area contributed by atoms with Crippen molar-refractivity contribution in [1.82, 2.24) is 0 Å². The molecule has 0 aromatic heterocycles. The maximum Gasteiger partial charge on any atom is 0.189 e. The molecular weight excluding hydrogens is 258 g/mol. The number of nitrogens with two attached hydrogens (primary N) is 1. The van der Waals surface area contributed by atoms with Gasteiger partial charge in [-0.25, -0.2) is 0 Å². The van der Waals surface area contributed by atoms with Gasteiger partial charge >= 0.3 is 0 Å². The first-order valence-electron chi connectivity index (χ1n) is 7.08. The van der Waals surface area contributed by atoms with Gasteiger partial charge in [0.05, 0.1) is 26.4 Å². The zero-order valence-corrected chi connectivity index (χ0v) is 12.0. The van der Waals surface area contributed by atoms with Gasteiger partial charge in [-0.15, -0.1) is 0 Å². The Labute approximate surface area is 120 Å². The number of unbranched alkanes of at least 4 members (excludes halogenated alkanes) is 1. The fourth-order valence-electron chi connectivity index (χ4n) is 2.08. The summed E-state index contributed by atoms with van der Waals surface area (Å²) in [5.74, 6) is 0.845. The molecule has 112 valence electrons. The van der Waals surface area contributed by atoms with Crippen LogP contribution in [0.5, 0.6) is 5.75 Å². The standard InChI is InChI=1S/C15H23NO4/c1-2-3-4-17-5-6-18-9-12-7-14(16)8-13-10-19-11-20-15(12)13/h7-8H,2-6,9-11,16H2,1H3. The van der Waals surface area contributed by atoms with Crippen LogP contribution < -0.4 is 10.5 Å². The molecule has 1 aromatic rings. The van der Waals surface area contributed by atoms with Gasteiger partial charge in [0.25, 0.3) is 0 Å². The third-order valence-electron chi connectivity index (χ3n) is 3.08. The van der Waals surface area contributed by atoms with E-state index in [1.807, 2.05) is 12.1 Å². The number of fused-ring (bicyclic) bond motifs is 1. The summed E-state index contributed by atoms with van der Waals surface area (Å²) in [7, 11) is 0. The number of hydrogen-bond donors (Lipinski definition) is 1. The van der Waals surface area contributed by atoms with E-state index in [0.29, 0.717) is 32.1 Å². The molecular formula is C15H23NO4. The molecule has 0 bridgehead atoms. The minimum atomic E-state index is 0.282. The van der Waals surface area contributed by atoms with Crippen molar-refractivity contribution in [2.45, 2.75) is 33.0 Å². The van der Waals surface area contributed by atoms with Gasteiger partial charge in [-0.1, -0.05) is 13.3 Å².